The topological polar surface area (TPSA) is 88.1 Å². The van der Waals surface area contributed by atoms with Crippen LogP contribution >= 0.6 is 0 Å². The molecule has 0 N–H and O–H groups in total. The van der Waals surface area contributed by atoms with Crippen LogP contribution in [-0.2, 0) is 33.3 Å². The van der Waals surface area contributed by atoms with E-state index in [2.05, 4.69) is 33.9 Å². The molecular weight excluding hydrogens is 280 g/mol. The highest BCUT2D eigenvalue weighted by Gasteiger charge is 2.12. The predicted octanol–water partition coefficient (Wildman–Crippen LogP) is 1.76. The molecule has 0 aromatic heterocycles. The molecule has 0 atom stereocenters. The third kappa shape index (κ3) is 7.83. The Balaban J connectivity index is 4.56. The van der Waals surface area contributed by atoms with Crippen LogP contribution in [0.4, 0.5) is 0 Å². The summed E-state index contributed by atoms with van der Waals surface area (Å²) >= 11 is 0. The fraction of sp³-hybridized carbons (Fsp3) is 0.0714. The van der Waals surface area contributed by atoms with E-state index in [1.165, 1.54) is 19.1 Å². The van der Waals surface area contributed by atoms with Crippen molar-refractivity contribution < 1.29 is 33.3 Å². The minimum Gasteiger partial charge on any atom is -0.431 e. The van der Waals surface area contributed by atoms with Gasteiger partial charge in [-0.1, -0.05) is 19.2 Å². The third-order valence-corrected chi connectivity index (χ3v) is 1.66. The number of ether oxygens (including phenoxy) is 4. The Kier molecular flexibility index (Phi) is 8.35. The normalized spacial score (nSPS) is 10.9. The number of esters is 2. The van der Waals surface area contributed by atoms with Gasteiger partial charge in [-0.2, -0.15) is 0 Å². The summed E-state index contributed by atoms with van der Waals surface area (Å²) in [7, 11) is 0. The van der Waals surface area contributed by atoms with E-state index in [1.807, 2.05) is 0 Å². The van der Waals surface area contributed by atoms with Crippen molar-refractivity contribution in [3.8, 4) is 0 Å². The molecule has 111 valence electrons. The Hall–Kier alpha value is -3.09. The summed E-state index contributed by atoms with van der Waals surface area (Å²) in [6, 6.07) is 0. The number of hydrogen-bond donors (Lipinski definition) is 0. The molecule has 21 heavy (non-hydrogen) atoms. The second-order valence-electron chi connectivity index (χ2n) is 3.21. The summed E-state index contributed by atoms with van der Waals surface area (Å²) in [6.45, 7) is 12.3. The van der Waals surface area contributed by atoms with Crippen LogP contribution < -0.4 is 0 Å². The Morgan fingerprint density at radius 3 is 2.38 bits per heavy atom. The van der Waals surface area contributed by atoms with Crippen LogP contribution in [0.25, 0.3) is 0 Å². The first kappa shape index (κ1) is 17.9. The molecule has 0 bridgehead atoms. The molecular formula is C14H13O7. The van der Waals surface area contributed by atoms with Crippen LogP contribution in [0.5, 0.6) is 0 Å². The first-order valence-electron chi connectivity index (χ1n) is 5.40. The van der Waals surface area contributed by atoms with Gasteiger partial charge >= 0.3 is 18.4 Å². The maximum atomic E-state index is 11.5. The molecule has 7 nitrogen and oxygen atoms in total. The minimum atomic E-state index is -0.884. The van der Waals surface area contributed by atoms with E-state index < -0.39 is 17.9 Å². The molecule has 0 saturated heterocycles. The van der Waals surface area contributed by atoms with Gasteiger partial charge in [-0.05, 0) is 13.5 Å². The Morgan fingerprint density at radius 2 is 1.86 bits per heavy atom. The first-order chi connectivity index (χ1) is 9.94. The molecule has 0 aromatic rings. The fourth-order valence-electron chi connectivity index (χ4n) is 0.786. The Morgan fingerprint density at radius 1 is 1.19 bits per heavy atom. The van der Waals surface area contributed by atoms with Crippen molar-refractivity contribution in [1.29, 1.82) is 0 Å². The van der Waals surface area contributed by atoms with Crippen LogP contribution in [0.3, 0.4) is 0 Å². The predicted molar refractivity (Wildman–Crippen MR) is 71.4 cm³/mol. The van der Waals surface area contributed by atoms with Crippen LogP contribution in [0.15, 0.2) is 61.7 Å². The van der Waals surface area contributed by atoms with Gasteiger partial charge in [0.1, 0.15) is 6.26 Å². The van der Waals surface area contributed by atoms with E-state index >= 15 is 0 Å². The fourth-order valence-corrected chi connectivity index (χ4v) is 0.786. The summed E-state index contributed by atoms with van der Waals surface area (Å²) in [5.41, 5.74) is -0.0351. The Bertz CT molecular complexity index is 511. The lowest BCUT2D eigenvalue weighted by atomic mass is 10.3. The largest absolute Gasteiger partial charge is 0.431 e. The lowest BCUT2D eigenvalue weighted by molar-refractivity contribution is -0.140. The van der Waals surface area contributed by atoms with E-state index in [-0.39, 0.29) is 11.5 Å². The van der Waals surface area contributed by atoms with E-state index in [9.17, 15) is 14.4 Å². The average molecular weight is 293 g/mol. The number of allylic oxidation sites excluding steroid dienone is 2. The lowest BCUT2D eigenvalue weighted by Crippen LogP contribution is -2.09. The molecule has 0 saturated carbocycles. The van der Waals surface area contributed by atoms with E-state index in [1.54, 1.807) is 0 Å². The second-order valence-corrected chi connectivity index (χ2v) is 3.21. The van der Waals surface area contributed by atoms with E-state index in [0.29, 0.717) is 0 Å². The van der Waals surface area contributed by atoms with Gasteiger partial charge in [0.15, 0.2) is 0 Å². The van der Waals surface area contributed by atoms with Crippen molar-refractivity contribution in [2.24, 2.45) is 0 Å². The Labute approximate surface area is 121 Å². The minimum absolute atomic E-state index is 0.0351. The molecule has 0 unspecified atom stereocenters. The van der Waals surface area contributed by atoms with Crippen LogP contribution in [0.2, 0.25) is 0 Å². The standard InChI is InChI=1S/C14H13O7/c1-5-7-13(19-9-15)20-11(4)21-14(17)10(3)8-18-12(16)6-2/h5-8H,1-2,4H2,3H3. The van der Waals surface area contributed by atoms with Crippen LogP contribution in [-0.4, -0.2) is 18.4 Å². The molecule has 0 aromatic carbocycles. The molecule has 0 aliphatic heterocycles. The first-order valence-corrected chi connectivity index (χ1v) is 5.40. The molecule has 1 radical (unpaired) electrons. The average Bonchev–Trinajstić information content (AvgIpc) is 2.44. The molecule has 0 fully saturated rings. The summed E-state index contributed by atoms with van der Waals surface area (Å²) in [4.78, 5) is 32.4. The van der Waals surface area contributed by atoms with Gasteiger partial charge in [0.05, 0.1) is 5.57 Å². The maximum Gasteiger partial charge on any atom is 0.425 e. The van der Waals surface area contributed by atoms with Crippen LogP contribution in [0, 0.1) is 0 Å². The van der Waals surface area contributed by atoms with Gasteiger partial charge in [0, 0.05) is 12.2 Å². The zero-order chi connectivity index (χ0) is 16.3. The molecule has 0 amide bonds. The number of carbonyl (C=O) groups excluding carboxylic acids is 3. The van der Waals surface area contributed by atoms with Crippen molar-refractivity contribution in [3.63, 3.8) is 0 Å². The molecule has 0 rings (SSSR count). The summed E-state index contributed by atoms with van der Waals surface area (Å²) in [5, 5.41) is 0. The van der Waals surface area contributed by atoms with Crippen molar-refractivity contribution in [2.45, 2.75) is 6.92 Å². The monoisotopic (exact) mass is 293 g/mol. The molecule has 0 spiro atoms. The van der Waals surface area contributed by atoms with Gasteiger partial charge in [0.25, 0.3) is 11.9 Å². The SMILES string of the molecule is C=CC=C(O[C]=O)OC(=C)OC(=O)C(C)=COC(=O)C=C. The number of rotatable bonds is 9. The molecule has 0 aliphatic carbocycles. The smallest absolute Gasteiger partial charge is 0.425 e. The van der Waals surface area contributed by atoms with Crippen molar-refractivity contribution in [1.82, 2.24) is 0 Å². The lowest BCUT2D eigenvalue weighted by Gasteiger charge is -2.09. The third-order valence-electron chi connectivity index (χ3n) is 1.66. The highest BCUT2D eigenvalue weighted by molar-refractivity contribution is 5.89. The van der Waals surface area contributed by atoms with Crippen molar-refractivity contribution >= 4 is 18.4 Å². The van der Waals surface area contributed by atoms with Crippen LogP contribution in [0.1, 0.15) is 6.92 Å². The summed E-state index contributed by atoms with van der Waals surface area (Å²) in [6.07, 6.45) is 4.26. The van der Waals surface area contributed by atoms with Gasteiger partial charge < -0.3 is 18.9 Å². The zero-order valence-electron chi connectivity index (χ0n) is 11.3. The zero-order valence-corrected chi connectivity index (χ0v) is 11.3. The number of carbonyl (C=O) groups is 2. The van der Waals surface area contributed by atoms with Gasteiger partial charge in [-0.25, -0.2) is 14.4 Å². The van der Waals surface area contributed by atoms with E-state index in [0.717, 1.165) is 18.8 Å². The molecule has 0 heterocycles. The van der Waals surface area contributed by atoms with Gasteiger partial charge in [-0.15, -0.1) is 0 Å². The van der Waals surface area contributed by atoms with Gasteiger partial charge in [-0.3, -0.25) is 0 Å². The summed E-state index contributed by atoms with van der Waals surface area (Å²) in [5.74, 6) is -2.42. The number of hydrogen-bond acceptors (Lipinski definition) is 7. The van der Waals surface area contributed by atoms with E-state index in [4.69, 9.17) is 4.74 Å². The van der Waals surface area contributed by atoms with Gasteiger partial charge in [0.2, 0.25) is 0 Å². The second kappa shape index (κ2) is 9.79. The summed E-state index contributed by atoms with van der Waals surface area (Å²) < 4.78 is 18.3. The maximum absolute atomic E-state index is 11.5. The molecule has 0 aliphatic rings. The van der Waals surface area contributed by atoms with Crippen molar-refractivity contribution in [3.05, 3.63) is 61.7 Å². The van der Waals surface area contributed by atoms with Crippen molar-refractivity contribution in [2.75, 3.05) is 0 Å². The quantitative estimate of drug-likeness (QED) is 0.210. The highest BCUT2D eigenvalue weighted by atomic mass is 16.8. The highest BCUT2D eigenvalue weighted by Crippen LogP contribution is 2.10. The molecule has 7 heteroatoms.